The molecule has 1 saturated heterocycles. The molecule has 0 aliphatic carbocycles. The first-order valence-electron chi connectivity index (χ1n) is 9.45. The van der Waals surface area contributed by atoms with E-state index in [1.807, 2.05) is 26.0 Å². The van der Waals surface area contributed by atoms with Crippen molar-refractivity contribution in [3.63, 3.8) is 0 Å². The lowest BCUT2D eigenvalue weighted by molar-refractivity contribution is 0.432. The van der Waals surface area contributed by atoms with E-state index in [4.69, 9.17) is 4.52 Å². The molecule has 1 N–H and O–H groups in total. The van der Waals surface area contributed by atoms with Crippen molar-refractivity contribution in [1.82, 2.24) is 15.1 Å². The van der Waals surface area contributed by atoms with Crippen molar-refractivity contribution in [3.05, 3.63) is 41.1 Å². The maximum atomic E-state index is 10.1. The number of phenolic OH excluding ortho intramolecular Hbond substituents is 1. The van der Waals surface area contributed by atoms with E-state index in [0.717, 1.165) is 53.1 Å². The third kappa shape index (κ3) is 3.27. The van der Waals surface area contributed by atoms with Crippen LogP contribution in [-0.2, 0) is 6.42 Å². The van der Waals surface area contributed by atoms with E-state index in [1.54, 1.807) is 6.20 Å². The fraction of sp³-hybridized carbons (Fsp3) is 0.381. The quantitative estimate of drug-likeness (QED) is 0.744. The van der Waals surface area contributed by atoms with Crippen LogP contribution in [0.15, 0.2) is 28.9 Å². The van der Waals surface area contributed by atoms with Crippen LogP contribution in [0.1, 0.15) is 36.5 Å². The Morgan fingerprint density at radius 2 is 1.81 bits per heavy atom. The summed E-state index contributed by atoms with van der Waals surface area (Å²) in [4.78, 5) is 11.5. The number of anilines is 1. The molecular formula is C21H24N4O2. The van der Waals surface area contributed by atoms with Gasteiger partial charge in [0.1, 0.15) is 11.6 Å². The minimum Gasteiger partial charge on any atom is -0.507 e. The van der Waals surface area contributed by atoms with Crippen LogP contribution in [0.5, 0.6) is 5.75 Å². The maximum Gasteiger partial charge on any atom is 0.259 e. The summed E-state index contributed by atoms with van der Waals surface area (Å²) in [5, 5.41) is 14.3. The number of hydrogen-bond acceptors (Lipinski definition) is 6. The summed E-state index contributed by atoms with van der Waals surface area (Å²) in [5.74, 6) is 2.35. The molecule has 0 amide bonds. The second kappa shape index (κ2) is 7.02. The van der Waals surface area contributed by atoms with Gasteiger partial charge < -0.3 is 14.5 Å². The van der Waals surface area contributed by atoms with Gasteiger partial charge in [0.25, 0.3) is 5.89 Å². The second-order valence-corrected chi connectivity index (χ2v) is 7.14. The maximum absolute atomic E-state index is 10.1. The summed E-state index contributed by atoms with van der Waals surface area (Å²) >= 11 is 0. The van der Waals surface area contributed by atoms with Crippen LogP contribution in [0, 0.1) is 13.8 Å². The molecule has 0 radical (unpaired) electrons. The lowest BCUT2D eigenvalue weighted by Crippen LogP contribution is -2.20. The third-order valence-electron chi connectivity index (χ3n) is 5.15. The fourth-order valence-corrected chi connectivity index (χ4v) is 3.65. The van der Waals surface area contributed by atoms with E-state index >= 15 is 0 Å². The zero-order valence-electron chi connectivity index (χ0n) is 16.0. The molecule has 0 saturated carbocycles. The molecule has 27 heavy (non-hydrogen) atoms. The van der Waals surface area contributed by atoms with Gasteiger partial charge in [-0.2, -0.15) is 4.98 Å². The Morgan fingerprint density at radius 1 is 1.07 bits per heavy atom. The predicted molar refractivity (Wildman–Crippen MR) is 105 cm³/mol. The normalized spacial score (nSPS) is 14.1. The second-order valence-electron chi connectivity index (χ2n) is 7.14. The summed E-state index contributed by atoms with van der Waals surface area (Å²) in [5.41, 5.74) is 4.46. The molecule has 1 aliphatic rings. The van der Waals surface area contributed by atoms with Gasteiger partial charge in [0.2, 0.25) is 5.82 Å². The van der Waals surface area contributed by atoms with Gasteiger partial charge in [0, 0.05) is 24.8 Å². The molecule has 6 nitrogen and oxygen atoms in total. The smallest absolute Gasteiger partial charge is 0.259 e. The van der Waals surface area contributed by atoms with E-state index in [-0.39, 0.29) is 0 Å². The van der Waals surface area contributed by atoms with Gasteiger partial charge in [-0.25, -0.2) is 4.98 Å². The molecular weight excluding hydrogens is 340 g/mol. The first-order valence-corrected chi connectivity index (χ1v) is 9.45. The van der Waals surface area contributed by atoms with Crippen LogP contribution >= 0.6 is 0 Å². The van der Waals surface area contributed by atoms with Gasteiger partial charge in [0.15, 0.2) is 0 Å². The van der Waals surface area contributed by atoms with Crippen LogP contribution in [0.4, 0.5) is 5.82 Å². The SMILES string of the molecule is CCc1cc(-c2noc(-c3cnc(N4CCCC4)c(C)c3)n2)cc(C)c1O. The largest absolute Gasteiger partial charge is 0.507 e. The number of benzene rings is 1. The number of nitrogens with zero attached hydrogens (tertiary/aromatic N) is 4. The Labute approximate surface area is 158 Å². The van der Waals surface area contributed by atoms with Gasteiger partial charge in [0.05, 0.1) is 5.56 Å². The number of hydrogen-bond donors (Lipinski definition) is 1. The molecule has 6 heteroatoms. The Balaban J connectivity index is 1.65. The van der Waals surface area contributed by atoms with Gasteiger partial charge in [-0.3, -0.25) is 0 Å². The predicted octanol–water partition coefficient (Wildman–Crippen LogP) is 4.28. The lowest BCUT2D eigenvalue weighted by atomic mass is 10.0. The van der Waals surface area contributed by atoms with Gasteiger partial charge in [-0.1, -0.05) is 12.1 Å². The molecule has 1 aliphatic heterocycles. The molecule has 2 aromatic heterocycles. The monoisotopic (exact) mass is 364 g/mol. The van der Waals surface area contributed by atoms with E-state index in [9.17, 15) is 5.11 Å². The van der Waals surface area contributed by atoms with Crippen LogP contribution in [0.25, 0.3) is 22.8 Å². The number of pyridine rings is 1. The number of aromatic hydroxyl groups is 1. The summed E-state index contributed by atoms with van der Waals surface area (Å²) < 4.78 is 5.49. The van der Waals surface area contributed by atoms with Crippen molar-refractivity contribution in [1.29, 1.82) is 0 Å². The molecule has 4 rings (SSSR count). The minimum atomic E-state index is 0.335. The van der Waals surface area contributed by atoms with Crippen molar-refractivity contribution >= 4 is 5.82 Å². The molecule has 3 heterocycles. The van der Waals surface area contributed by atoms with Gasteiger partial charge in [-0.15, -0.1) is 0 Å². The summed E-state index contributed by atoms with van der Waals surface area (Å²) in [6.45, 7) is 8.09. The summed E-state index contributed by atoms with van der Waals surface area (Å²) in [6.07, 6.45) is 4.99. The Hall–Kier alpha value is -2.89. The Bertz CT molecular complexity index is 974. The highest BCUT2D eigenvalue weighted by atomic mass is 16.5. The van der Waals surface area contributed by atoms with Crippen molar-refractivity contribution in [2.75, 3.05) is 18.0 Å². The number of aromatic nitrogens is 3. The highest BCUT2D eigenvalue weighted by Crippen LogP contribution is 2.31. The van der Waals surface area contributed by atoms with Crippen molar-refractivity contribution in [2.45, 2.75) is 40.0 Å². The van der Waals surface area contributed by atoms with Crippen LogP contribution in [0.3, 0.4) is 0 Å². The van der Waals surface area contributed by atoms with Crippen molar-refractivity contribution in [2.24, 2.45) is 0 Å². The molecule has 140 valence electrons. The topological polar surface area (TPSA) is 75.3 Å². The Morgan fingerprint density at radius 3 is 2.52 bits per heavy atom. The highest BCUT2D eigenvalue weighted by Gasteiger charge is 2.18. The average Bonchev–Trinajstić information content (AvgIpc) is 3.35. The summed E-state index contributed by atoms with van der Waals surface area (Å²) in [6, 6.07) is 5.84. The summed E-state index contributed by atoms with van der Waals surface area (Å²) in [7, 11) is 0. The van der Waals surface area contributed by atoms with Crippen LogP contribution < -0.4 is 4.90 Å². The first kappa shape index (κ1) is 17.5. The molecule has 0 atom stereocenters. The zero-order chi connectivity index (χ0) is 19.0. The highest BCUT2D eigenvalue weighted by molar-refractivity contribution is 5.64. The molecule has 0 spiro atoms. The van der Waals surface area contributed by atoms with Crippen molar-refractivity contribution in [3.8, 4) is 28.6 Å². The number of phenols is 1. The standard InChI is InChI=1S/C21H24N4O2/c1-4-15-11-16(9-13(2)18(15)26)19-23-21(27-24-19)17-10-14(3)20(22-12-17)25-7-5-6-8-25/h9-12,26H,4-8H2,1-3H3. The van der Waals surface area contributed by atoms with E-state index in [2.05, 4.69) is 33.0 Å². The fourth-order valence-electron chi connectivity index (χ4n) is 3.65. The molecule has 1 fully saturated rings. The van der Waals surface area contributed by atoms with Gasteiger partial charge >= 0.3 is 0 Å². The molecule has 1 aromatic carbocycles. The first-order chi connectivity index (χ1) is 13.1. The number of rotatable bonds is 4. The zero-order valence-corrected chi connectivity index (χ0v) is 16.0. The van der Waals surface area contributed by atoms with E-state index < -0.39 is 0 Å². The lowest BCUT2D eigenvalue weighted by Gasteiger charge is -2.18. The van der Waals surface area contributed by atoms with Crippen LogP contribution in [0.2, 0.25) is 0 Å². The van der Waals surface area contributed by atoms with Gasteiger partial charge in [-0.05, 0) is 68.0 Å². The van der Waals surface area contributed by atoms with Crippen molar-refractivity contribution < 1.29 is 9.63 Å². The third-order valence-corrected chi connectivity index (χ3v) is 5.15. The molecule has 0 bridgehead atoms. The molecule has 3 aromatic rings. The Kier molecular flexibility index (Phi) is 4.56. The van der Waals surface area contributed by atoms with Crippen LogP contribution in [-0.4, -0.2) is 33.3 Å². The average molecular weight is 364 g/mol. The molecule has 0 unspecified atom stereocenters. The van der Waals surface area contributed by atoms with E-state index in [1.165, 1.54) is 12.8 Å². The van der Waals surface area contributed by atoms with E-state index in [0.29, 0.717) is 17.5 Å². The number of aryl methyl sites for hydroxylation is 3. The minimum absolute atomic E-state index is 0.335.